The minimum atomic E-state index is -3.88. The van der Waals surface area contributed by atoms with Crippen molar-refractivity contribution in [2.24, 2.45) is 0 Å². The molecule has 0 spiro atoms. The first-order chi connectivity index (χ1) is 21.7. The Balaban J connectivity index is 2.87. The Morgan fingerprint density at radius 2 is 0.935 bits per heavy atom. The van der Waals surface area contributed by atoms with Crippen molar-refractivity contribution in [2.45, 2.75) is 151 Å². The van der Waals surface area contributed by atoms with E-state index in [2.05, 4.69) is 98.8 Å². The van der Waals surface area contributed by atoms with Gasteiger partial charge in [0, 0.05) is 0 Å². The van der Waals surface area contributed by atoms with Crippen molar-refractivity contribution >= 4 is 10.1 Å². The van der Waals surface area contributed by atoms with Gasteiger partial charge in [-0.15, -0.1) is 0 Å². The Bertz CT molecular complexity index is 1370. The molecule has 0 saturated heterocycles. The van der Waals surface area contributed by atoms with Gasteiger partial charge >= 0.3 is 0 Å². The zero-order valence-electron chi connectivity index (χ0n) is 30.8. The van der Waals surface area contributed by atoms with E-state index in [9.17, 15) is 8.42 Å². The van der Waals surface area contributed by atoms with E-state index in [0.29, 0.717) is 6.42 Å². The van der Waals surface area contributed by atoms with Crippen molar-refractivity contribution in [3.63, 3.8) is 0 Å². The molecule has 1 unspecified atom stereocenters. The Kier molecular flexibility index (Phi) is 20.5. The van der Waals surface area contributed by atoms with Crippen LogP contribution in [-0.4, -0.2) is 14.5 Å². The van der Waals surface area contributed by atoms with Gasteiger partial charge in [0.15, 0.2) is 0 Å². The molecular formula is C42H64O3S. The summed E-state index contributed by atoms with van der Waals surface area (Å²) in [6.45, 7) is 21.4. The third-order valence-electron chi connectivity index (χ3n) is 8.01. The summed E-state index contributed by atoms with van der Waals surface area (Å²) in [5, 5.41) is 0. The molecule has 0 bridgehead atoms. The van der Waals surface area contributed by atoms with Gasteiger partial charge in [-0.05, 0) is 152 Å². The topological polar surface area (TPSA) is 43.4 Å². The lowest BCUT2D eigenvalue weighted by atomic mass is 10.0. The average Bonchev–Trinajstić information content (AvgIpc) is 2.95. The van der Waals surface area contributed by atoms with Crippen molar-refractivity contribution in [2.75, 3.05) is 0 Å². The van der Waals surface area contributed by atoms with Crippen LogP contribution in [0.25, 0.3) is 0 Å². The van der Waals surface area contributed by atoms with Crippen LogP contribution < -0.4 is 0 Å². The van der Waals surface area contributed by atoms with E-state index >= 15 is 0 Å². The molecule has 0 fully saturated rings. The van der Waals surface area contributed by atoms with E-state index in [1.165, 1.54) is 33.4 Å². The highest BCUT2D eigenvalue weighted by molar-refractivity contribution is 7.86. The predicted molar refractivity (Wildman–Crippen MR) is 202 cm³/mol. The number of aryl methyl sites for hydroxylation is 1. The molecule has 0 N–H and O–H groups in total. The van der Waals surface area contributed by atoms with Gasteiger partial charge in [-0.1, -0.05) is 99.2 Å². The molecule has 1 aromatic carbocycles. The van der Waals surface area contributed by atoms with Crippen LogP contribution >= 0.6 is 0 Å². The number of rotatable bonds is 21. The first kappa shape index (κ1) is 41.3. The second-order valence-electron chi connectivity index (χ2n) is 13.6. The van der Waals surface area contributed by atoms with Crippen molar-refractivity contribution in [3.8, 4) is 0 Å². The van der Waals surface area contributed by atoms with Gasteiger partial charge in [0.1, 0.15) is 0 Å². The summed E-state index contributed by atoms with van der Waals surface area (Å²) in [5.41, 5.74) is 10.4. The molecule has 0 aromatic heterocycles. The van der Waals surface area contributed by atoms with Crippen LogP contribution in [0.3, 0.4) is 0 Å². The fourth-order valence-corrected chi connectivity index (χ4v) is 6.04. The Labute approximate surface area is 284 Å². The van der Waals surface area contributed by atoms with Crippen LogP contribution in [0.5, 0.6) is 0 Å². The van der Waals surface area contributed by atoms with Gasteiger partial charge in [-0.25, -0.2) is 0 Å². The van der Waals surface area contributed by atoms with Gasteiger partial charge in [0.25, 0.3) is 10.1 Å². The van der Waals surface area contributed by atoms with E-state index in [-0.39, 0.29) is 4.90 Å². The maximum absolute atomic E-state index is 13.2. The monoisotopic (exact) mass is 648 g/mol. The number of allylic oxidation sites excluding steroid dienone is 12. The molecule has 0 aliphatic carbocycles. The van der Waals surface area contributed by atoms with E-state index in [1.54, 1.807) is 12.1 Å². The molecule has 1 aromatic rings. The van der Waals surface area contributed by atoms with Gasteiger partial charge in [0.2, 0.25) is 0 Å². The summed E-state index contributed by atoms with van der Waals surface area (Å²) < 4.78 is 32.2. The fourth-order valence-electron chi connectivity index (χ4n) is 5.00. The number of hydrogen-bond acceptors (Lipinski definition) is 3. The summed E-state index contributed by atoms with van der Waals surface area (Å²) in [6, 6.07) is 6.86. The minimum absolute atomic E-state index is 0.198. The largest absolute Gasteiger partial charge is 0.297 e. The van der Waals surface area contributed by atoms with E-state index < -0.39 is 16.2 Å². The molecule has 1 rings (SSSR count). The molecule has 0 saturated carbocycles. The van der Waals surface area contributed by atoms with Crippen LogP contribution in [0.1, 0.15) is 139 Å². The highest BCUT2D eigenvalue weighted by Gasteiger charge is 2.20. The summed E-state index contributed by atoms with van der Waals surface area (Å²) in [5.74, 6) is 0. The summed E-state index contributed by atoms with van der Waals surface area (Å²) >= 11 is 0. The average molecular weight is 649 g/mol. The first-order valence-corrected chi connectivity index (χ1v) is 18.6. The van der Waals surface area contributed by atoms with E-state index in [4.69, 9.17) is 4.18 Å². The smallest absolute Gasteiger partial charge is 0.258 e. The standard InChI is InChI=1S/C42H64O3S/c1-33(2)16-11-18-35(5)20-13-21-37(7)23-15-25-40(10)32-41(45-46(43,44)42-30-27-39(9)28-31-42)29-26-38(8)24-14-22-36(6)19-12-17-34(3)4/h16-17,20,22-23,26-28,30-32,41H,11-15,18-19,21,24-25,29H2,1-10H3/b35-20+,36-22?,37-23+,38-26?,40-32+. The van der Waals surface area contributed by atoms with Crippen molar-refractivity contribution in [1.82, 2.24) is 0 Å². The lowest BCUT2D eigenvalue weighted by Gasteiger charge is -2.15. The normalized spacial score (nSPS) is 14.3. The lowest BCUT2D eigenvalue weighted by Crippen LogP contribution is -2.17. The van der Waals surface area contributed by atoms with Crippen molar-refractivity contribution in [1.29, 1.82) is 0 Å². The zero-order chi connectivity index (χ0) is 34.5. The van der Waals surface area contributed by atoms with Gasteiger partial charge < -0.3 is 0 Å². The summed E-state index contributed by atoms with van der Waals surface area (Å²) in [6.07, 6.45) is 26.0. The van der Waals surface area contributed by atoms with Crippen molar-refractivity contribution < 1.29 is 12.6 Å². The Morgan fingerprint density at radius 1 is 0.565 bits per heavy atom. The maximum Gasteiger partial charge on any atom is 0.297 e. The van der Waals surface area contributed by atoms with E-state index in [1.807, 2.05) is 25.1 Å². The Hall–Kier alpha value is -2.69. The second-order valence-corrected chi connectivity index (χ2v) is 15.2. The highest BCUT2D eigenvalue weighted by atomic mass is 32.2. The summed E-state index contributed by atoms with van der Waals surface area (Å²) in [7, 11) is -3.88. The molecule has 0 amide bonds. The van der Waals surface area contributed by atoms with E-state index in [0.717, 1.165) is 75.3 Å². The van der Waals surface area contributed by atoms with Gasteiger partial charge in [-0.3, -0.25) is 4.18 Å². The lowest BCUT2D eigenvalue weighted by molar-refractivity contribution is 0.257. The fraction of sp³-hybridized carbons (Fsp3) is 0.524. The van der Waals surface area contributed by atoms with Crippen LogP contribution in [0.4, 0.5) is 0 Å². The molecule has 0 aliphatic rings. The number of hydrogen-bond donors (Lipinski definition) is 0. The minimum Gasteiger partial charge on any atom is -0.258 e. The number of benzene rings is 1. The summed E-state index contributed by atoms with van der Waals surface area (Å²) in [4.78, 5) is 0.198. The van der Waals surface area contributed by atoms with Gasteiger partial charge in [-0.2, -0.15) is 8.42 Å². The predicted octanol–water partition coefficient (Wildman–Crippen LogP) is 13.0. The third-order valence-corrected chi connectivity index (χ3v) is 9.36. The van der Waals surface area contributed by atoms with Crippen LogP contribution in [0, 0.1) is 6.92 Å². The van der Waals surface area contributed by atoms with Crippen LogP contribution in [0.15, 0.2) is 111 Å². The first-order valence-electron chi connectivity index (χ1n) is 17.2. The molecule has 256 valence electrons. The van der Waals surface area contributed by atoms with Crippen LogP contribution in [-0.2, 0) is 14.3 Å². The maximum atomic E-state index is 13.2. The van der Waals surface area contributed by atoms with Gasteiger partial charge in [0.05, 0.1) is 11.0 Å². The molecule has 3 nitrogen and oxygen atoms in total. The molecule has 46 heavy (non-hydrogen) atoms. The SMILES string of the molecule is CC(C)=CCCC(C)=CCCC(C)=CCC(/C=C(\C)CC/C=C(\C)CC/C=C(\C)CCC=C(C)C)OS(=O)(=O)c1ccc(C)cc1. The van der Waals surface area contributed by atoms with Crippen molar-refractivity contribution in [3.05, 3.63) is 111 Å². The molecule has 4 heteroatoms. The second kappa shape index (κ2) is 22.8. The zero-order valence-corrected chi connectivity index (χ0v) is 31.7. The van der Waals surface area contributed by atoms with Crippen LogP contribution in [0.2, 0.25) is 0 Å². The molecule has 0 aliphatic heterocycles. The highest BCUT2D eigenvalue weighted by Crippen LogP contribution is 2.21. The molecule has 0 radical (unpaired) electrons. The molecule has 1 atom stereocenters. The molecular weight excluding hydrogens is 585 g/mol. The third kappa shape index (κ3) is 20.4. The Morgan fingerprint density at radius 3 is 1.35 bits per heavy atom. The molecule has 0 heterocycles. The quantitative estimate of drug-likeness (QED) is 0.0984.